The van der Waals surface area contributed by atoms with E-state index in [0.29, 0.717) is 6.42 Å². The lowest BCUT2D eigenvalue weighted by molar-refractivity contribution is -0.384. The highest BCUT2D eigenvalue weighted by molar-refractivity contribution is 6.73. The van der Waals surface area contributed by atoms with Crippen LogP contribution < -0.4 is 0 Å². The van der Waals surface area contributed by atoms with Gasteiger partial charge in [0.2, 0.25) is 0 Å². The molecular formula is C28H37NO7Si. The maximum Gasteiger partial charge on any atom is 0.338 e. The minimum absolute atomic E-state index is 0.0456. The van der Waals surface area contributed by atoms with Gasteiger partial charge in [0.1, 0.15) is 18.3 Å². The van der Waals surface area contributed by atoms with E-state index in [1.54, 1.807) is 6.08 Å². The maximum absolute atomic E-state index is 12.8. The van der Waals surface area contributed by atoms with Gasteiger partial charge in [-0.15, -0.1) is 0 Å². The van der Waals surface area contributed by atoms with Crippen LogP contribution in [0.1, 0.15) is 58.3 Å². The number of nitrogens with zero attached hydrogens (tertiary/aromatic N) is 1. The molecule has 9 heteroatoms. The number of hydrogen-bond acceptors (Lipinski definition) is 7. The van der Waals surface area contributed by atoms with Crippen molar-refractivity contribution in [3.63, 3.8) is 0 Å². The zero-order valence-corrected chi connectivity index (χ0v) is 23.6. The lowest BCUT2D eigenvalue weighted by atomic mass is 9.95. The van der Waals surface area contributed by atoms with Crippen molar-refractivity contribution in [3.8, 4) is 11.8 Å². The molecule has 1 aliphatic heterocycles. The highest BCUT2D eigenvalue weighted by Crippen LogP contribution is 2.29. The molecule has 1 aromatic carbocycles. The second-order valence-electron chi connectivity index (χ2n) is 9.75. The summed E-state index contributed by atoms with van der Waals surface area (Å²) in [7, 11) is -1.82. The fourth-order valence-electron chi connectivity index (χ4n) is 4.22. The Balaban J connectivity index is 2.21. The predicted molar refractivity (Wildman–Crippen MR) is 144 cm³/mol. The topological polar surface area (TPSA) is 105 Å². The van der Waals surface area contributed by atoms with Gasteiger partial charge < -0.3 is 13.9 Å². The van der Waals surface area contributed by atoms with E-state index in [1.807, 2.05) is 20.8 Å². The highest BCUT2D eigenvalue weighted by Gasteiger charge is 2.37. The molecule has 1 heterocycles. The molecular weight excluding hydrogens is 490 g/mol. The molecule has 0 amide bonds. The monoisotopic (exact) mass is 527 g/mol. The van der Waals surface area contributed by atoms with Crippen molar-refractivity contribution in [1.82, 2.24) is 0 Å². The van der Waals surface area contributed by atoms with Crippen LogP contribution in [-0.2, 0) is 18.7 Å². The second kappa shape index (κ2) is 12.8. The Kier molecular flexibility index (Phi) is 10.4. The highest BCUT2D eigenvalue weighted by atomic mass is 28.4. The number of rotatable bonds is 11. The van der Waals surface area contributed by atoms with Crippen LogP contribution in [0.2, 0.25) is 18.1 Å². The minimum atomic E-state index is -1.82. The number of ether oxygens (including phenoxy) is 2. The molecule has 37 heavy (non-hydrogen) atoms. The lowest BCUT2D eigenvalue weighted by Gasteiger charge is -2.35. The van der Waals surface area contributed by atoms with Gasteiger partial charge in [-0.25, -0.2) is 9.59 Å². The van der Waals surface area contributed by atoms with E-state index in [-0.39, 0.29) is 23.4 Å². The number of allylic oxidation sites excluding steroid dienone is 1. The van der Waals surface area contributed by atoms with Crippen LogP contribution in [0, 0.1) is 27.9 Å². The fourth-order valence-corrected chi connectivity index (χ4v) is 7.28. The van der Waals surface area contributed by atoms with Crippen LogP contribution in [0.3, 0.4) is 0 Å². The summed E-state index contributed by atoms with van der Waals surface area (Å²) in [5.74, 6) is 4.71. The Hall–Kier alpha value is -3.22. The number of nitro benzene ring substituents is 1. The summed E-state index contributed by atoms with van der Waals surface area (Å²) in [6, 6.07) is 8.26. The number of carbonyl (C=O) groups excluding carboxylic acids is 2. The van der Waals surface area contributed by atoms with Gasteiger partial charge in [-0.05, 0) is 57.1 Å². The first-order chi connectivity index (χ1) is 17.4. The minimum Gasteiger partial charge on any atom is -0.462 e. The molecule has 0 bridgehead atoms. The van der Waals surface area contributed by atoms with Gasteiger partial charge in [-0.3, -0.25) is 10.1 Å². The van der Waals surface area contributed by atoms with Crippen molar-refractivity contribution in [2.24, 2.45) is 5.92 Å². The Bertz CT molecular complexity index is 1100. The summed E-state index contributed by atoms with van der Waals surface area (Å²) >= 11 is 0. The first-order valence-corrected chi connectivity index (χ1v) is 15.1. The SMILES string of the molecule is C=C1C(=O)OC[C@@H]1[C@H](/C=C(\C)CC#CC(C)(C)O[Si](CC)(CC)CC)OC(=O)c1ccc([N+](=O)[O-])cc1. The van der Waals surface area contributed by atoms with Crippen molar-refractivity contribution in [3.05, 3.63) is 63.7 Å². The Morgan fingerprint density at radius 1 is 1.27 bits per heavy atom. The number of benzene rings is 1. The van der Waals surface area contributed by atoms with Gasteiger partial charge in [0, 0.05) is 24.1 Å². The van der Waals surface area contributed by atoms with Crippen LogP contribution in [-0.4, -0.2) is 43.5 Å². The quantitative estimate of drug-likeness (QED) is 0.0662. The number of hydrogen-bond donors (Lipinski definition) is 0. The van der Waals surface area contributed by atoms with Gasteiger partial charge in [0.25, 0.3) is 5.69 Å². The Labute approximate surface area is 220 Å². The first-order valence-electron chi connectivity index (χ1n) is 12.6. The zero-order valence-electron chi connectivity index (χ0n) is 22.6. The fraction of sp³-hybridized carbons (Fsp3) is 0.500. The molecule has 0 spiro atoms. The van der Waals surface area contributed by atoms with E-state index >= 15 is 0 Å². The number of non-ortho nitro benzene ring substituents is 1. The predicted octanol–water partition coefficient (Wildman–Crippen LogP) is 5.99. The molecule has 2 atom stereocenters. The molecule has 0 saturated carbocycles. The van der Waals surface area contributed by atoms with Crippen molar-refractivity contribution >= 4 is 25.9 Å². The summed E-state index contributed by atoms with van der Waals surface area (Å²) in [4.78, 5) is 35.1. The molecule has 1 aliphatic rings. The average Bonchev–Trinajstić information content (AvgIpc) is 3.20. The molecule has 0 unspecified atom stereocenters. The van der Waals surface area contributed by atoms with Gasteiger partial charge >= 0.3 is 11.9 Å². The number of esters is 2. The molecule has 1 fully saturated rings. The van der Waals surface area contributed by atoms with E-state index in [9.17, 15) is 19.7 Å². The van der Waals surface area contributed by atoms with E-state index in [4.69, 9.17) is 13.9 Å². The molecule has 0 aliphatic carbocycles. The van der Waals surface area contributed by atoms with Crippen LogP contribution in [0.4, 0.5) is 5.69 Å². The summed E-state index contributed by atoms with van der Waals surface area (Å²) in [6.07, 6.45) is 1.37. The molecule has 0 N–H and O–H groups in total. The molecule has 0 radical (unpaired) electrons. The molecule has 2 rings (SSSR count). The normalized spacial score (nSPS) is 17.0. The smallest absolute Gasteiger partial charge is 0.338 e. The van der Waals surface area contributed by atoms with E-state index in [0.717, 1.165) is 23.7 Å². The number of nitro groups is 1. The summed E-state index contributed by atoms with van der Waals surface area (Å²) in [5, 5.41) is 10.9. The first kappa shape index (κ1) is 30.0. The van der Waals surface area contributed by atoms with Crippen molar-refractivity contribution in [2.75, 3.05) is 6.61 Å². The third kappa shape index (κ3) is 8.14. The summed E-state index contributed by atoms with van der Waals surface area (Å²) < 4.78 is 17.4. The van der Waals surface area contributed by atoms with E-state index < -0.39 is 42.8 Å². The van der Waals surface area contributed by atoms with Crippen molar-refractivity contribution < 1.29 is 28.4 Å². The third-order valence-corrected chi connectivity index (χ3v) is 11.5. The van der Waals surface area contributed by atoms with Crippen molar-refractivity contribution in [1.29, 1.82) is 0 Å². The van der Waals surface area contributed by atoms with Gasteiger partial charge in [-0.2, -0.15) is 0 Å². The third-order valence-electron chi connectivity index (χ3n) is 6.67. The van der Waals surface area contributed by atoms with Crippen LogP contribution in [0.25, 0.3) is 0 Å². The number of cyclic esters (lactones) is 1. The van der Waals surface area contributed by atoms with Gasteiger partial charge in [0.15, 0.2) is 8.32 Å². The molecule has 1 aromatic rings. The molecule has 8 nitrogen and oxygen atoms in total. The van der Waals surface area contributed by atoms with Crippen LogP contribution in [0.15, 0.2) is 48.1 Å². The Morgan fingerprint density at radius 2 is 1.86 bits per heavy atom. The van der Waals surface area contributed by atoms with Crippen LogP contribution >= 0.6 is 0 Å². The molecule has 200 valence electrons. The number of carbonyl (C=O) groups is 2. The summed E-state index contributed by atoms with van der Waals surface area (Å²) in [6.45, 7) is 16.2. The molecule has 0 aromatic heterocycles. The zero-order chi connectivity index (χ0) is 27.8. The van der Waals surface area contributed by atoms with Gasteiger partial charge in [0.05, 0.1) is 16.4 Å². The maximum atomic E-state index is 12.8. The second-order valence-corrected chi connectivity index (χ2v) is 14.4. The van der Waals surface area contributed by atoms with Crippen molar-refractivity contribution in [2.45, 2.75) is 77.8 Å². The molecule has 1 saturated heterocycles. The lowest BCUT2D eigenvalue weighted by Crippen LogP contribution is -2.43. The largest absolute Gasteiger partial charge is 0.462 e. The van der Waals surface area contributed by atoms with E-state index in [2.05, 4.69) is 39.2 Å². The average molecular weight is 528 g/mol. The van der Waals surface area contributed by atoms with E-state index in [1.165, 1.54) is 24.3 Å². The van der Waals surface area contributed by atoms with Crippen LogP contribution in [0.5, 0.6) is 0 Å². The van der Waals surface area contributed by atoms with Gasteiger partial charge in [-0.1, -0.05) is 44.8 Å². The standard InChI is InChI=1S/C28H37NO7Si/c1-8-37(9-2,10-3)36-28(6,7)17-11-12-20(4)18-25(24-19-34-26(30)21(24)5)35-27(31)22-13-15-23(16-14-22)29(32)33/h13-16,18,24-25H,5,8-10,12,19H2,1-4,6-7H3/b20-18+/t24-,25-/m0/s1. The Morgan fingerprint density at radius 3 is 2.35 bits per heavy atom. The summed E-state index contributed by atoms with van der Waals surface area (Å²) in [5.41, 5.74) is 0.532.